The lowest BCUT2D eigenvalue weighted by Gasteiger charge is -2.13. The molecule has 7 heteroatoms. The number of amides is 1. The average Bonchev–Trinajstić information content (AvgIpc) is 2.48. The van der Waals surface area contributed by atoms with Gasteiger partial charge in [0.05, 0.1) is 25.6 Å². The Morgan fingerprint density at radius 1 is 1.47 bits per heavy atom. The van der Waals surface area contributed by atoms with Crippen LogP contribution in [-0.4, -0.2) is 37.9 Å². The highest BCUT2D eigenvalue weighted by molar-refractivity contribution is 5.79. The second-order valence-electron chi connectivity index (χ2n) is 3.46. The van der Waals surface area contributed by atoms with Crippen molar-refractivity contribution in [1.29, 1.82) is 0 Å². The molecule has 0 saturated carbocycles. The zero-order valence-corrected chi connectivity index (χ0v) is 8.01. The number of alkyl halides is 3. The molecule has 4 nitrogen and oxygen atoms in total. The van der Waals surface area contributed by atoms with E-state index in [0.717, 1.165) is 0 Å². The van der Waals surface area contributed by atoms with Gasteiger partial charge in [-0.1, -0.05) is 0 Å². The zero-order valence-electron chi connectivity index (χ0n) is 8.01. The Balaban J connectivity index is 2.24. The van der Waals surface area contributed by atoms with Crippen molar-refractivity contribution in [3.8, 4) is 0 Å². The average molecular weight is 226 g/mol. The topological polar surface area (TPSA) is 64.3 Å². The summed E-state index contributed by atoms with van der Waals surface area (Å²) in [6.07, 6.45) is -5.27. The van der Waals surface area contributed by atoms with E-state index in [0.29, 0.717) is 0 Å². The lowest BCUT2D eigenvalue weighted by molar-refractivity contribution is -0.136. The Bertz CT molecular complexity index is 232. The second-order valence-corrected chi connectivity index (χ2v) is 3.46. The minimum Gasteiger partial charge on any atom is -0.379 e. The van der Waals surface area contributed by atoms with Crippen molar-refractivity contribution >= 4 is 5.91 Å². The fourth-order valence-corrected chi connectivity index (χ4v) is 1.30. The normalized spacial score (nSPS) is 26.7. The van der Waals surface area contributed by atoms with Crippen molar-refractivity contribution in [3.63, 3.8) is 0 Å². The molecule has 0 aromatic carbocycles. The van der Waals surface area contributed by atoms with Crippen LogP contribution < -0.4 is 11.1 Å². The van der Waals surface area contributed by atoms with Gasteiger partial charge in [-0.2, -0.15) is 13.2 Å². The van der Waals surface area contributed by atoms with E-state index in [1.165, 1.54) is 0 Å². The molecule has 0 bridgehead atoms. The van der Waals surface area contributed by atoms with E-state index in [4.69, 9.17) is 10.5 Å². The molecule has 1 heterocycles. The van der Waals surface area contributed by atoms with Crippen LogP contribution in [0.3, 0.4) is 0 Å². The Morgan fingerprint density at radius 3 is 2.60 bits per heavy atom. The number of halogens is 3. The zero-order chi connectivity index (χ0) is 11.5. The molecule has 1 saturated heterocycles. The van der Waals surface area contributed by atoms with E-state index in [9.17, 15) is 18.0 Å². The molecule has 2 unspecified atom stereocenters. The van der Waals surface area contributed by atoms with Gasteiger partial charge < -0.3 is 15.8 Å². The third-order valence-electron chi connectivity index (χ3n) is 2.17. The summed E-state index contributed by atoms with van der Waals surface area (Å²) < 4.78 is 40.2. The smallest absolute Gasteiger partial charge is 0.379 e. The van der Waals surface area contributed by atoms with Gasteiger partial charge in [-0.25, -0.2) is 0 Å². The van der Waals surface area contributed by atoms with Crippen LogP contribution in [0, 0.1) is 5.92 Å². The number of hydrogen-bond donors (Lipinski definition) is 2. The first-order valence-corrected chi connectivity index (χ1v) is 4.58. The Hall–Kier alpha value is -0.820. The minimum absolute atomic E-state index is 0.180. The van der Waals surface area contributed by atoms with Crippen molar-refractivity contribution in [2.45, 2.75) is 18.6 Å². The number of carbonyl (C=O) groups excluding carboxylic acids is 1. The molecule has 1 aliphatic heterocycles. The van der Waals surface area contributed by atoms with Gasteiger partial charge in [-0.05, 0) is 0 Å². The van der Waals surface area contributed by atoms with Crippen LogP contribution in [0.2, 0.25) is 0 Å². The van der Waals surface area contributed by atoms with E-state index in [-0.39, 0.29) is 13.2 Å². The molecule has 1 fully saturated rings. The van der Waals surface area contributed by atoms with Crippen LogP contribution in [0.5, 0.6) is 0 Å². The largest absolute Gasteiger partial charge is 0.390 e. The van der Waals surface area contributed by atoms with Gasteiger partial charge in [0.2, 0.25) is 5.91 Å². The van der Waals surface area contributed by atoms with Crippen LogP contribution >= 0.6 is 0 Å². The molecule has 88 valence electrons. The number of carbonyl (C=O) groups is 1. The first-order valence-electron chi connectivity index (χ1n) is 4.58. The molecule has 0 aromatic rings. The van der Waals surface area contributed by atoms with Gasteiger partial charge in [0.1, 0.15) is 0 Å². The van der Waals surface area contributed by atoms with Crippen LogP contribution in [-0.2, 0) is 9.53 Å². The standard InChI is InChI=1S/C8H13F3N2O2/c9-8(10,11)1-2-13-7(14)5-3-15-4-6(5)12/h5-6H,1-4,12H2,(H,13,14). The van der Waals surface area contributed by atoms with Gasteiger partial charge >= 0.3 is 6.18 Å². The van der Waals surface area contributed by atoms with Crippen LogP contribution in [0.1, 0.15) is 6.42 Å². The molecule has 0 aliphatic carbocycles. The fourth-order valence-electron chi connectivity index (χ4n) is 1.30. The molecular formula is C8H13F3N2O2. The van der Waals surface area contributed by atoms with Gasteiger partial charge in [-0.15, -0.1) is 0 Å². The maximum absolute atomic E-state index is 11.8. The fraction of sp³-hybridized carbons (Fsp3) is 0.875. The molecule has 0 spiro atoms. The van der Waals surface area contributed by atoms with Gasteiger partial charge in [-0.3, -0.25) is 4.79 Å². The minimum atomic E-state index is -4.25. The Morgan fingerprint density at radius 2 is 2.13 bits per heavy atom. The number of rotatable bonds is 3. The summed E-state index contributed by atoms with van der Waals surface area (Å²) in [5.74, 6) is -0.998. The van der Waals surface area contributed by atoms with Crippen molar-refractivity contribution in [3.05, 3.63) is 0 Å². The van der Waals surface area contributed by atoms with Crippen LogP contribution in [0.15, 0.2) is 0 Å². The molecule has 0 aromatic heterocycles. The summed E-state index contributed by atoms with van der Waals surface area (Å²) in [7, 11) is 0. The summed E-state index contributed by atoms with van der Waals surface area (Å²) >= 11 is 0. The molecule has 1 aliphatic rings. The predicted molar refractivity (Wildman–Crippen MR) is 46.0 cm³/mol. The van der Waals surface area contributed by atoms with E-state index in [2.05, 4.69) is 5.32 Å². The lowest BCUT2D eigenvalue weighted by Crippen LogP contribution is -2.41. The third kappa shape index (κ3) is 4.05. The Kier molecular flexibility index (Phi) is 3.92. The summed E-state index contributed by atoms with van der Waals surface area (Å²) in [6.45, 7) is 0.0436. The van der Waals surface area contributed by atoms with Crippen molar-refractivity contribution in [1.82, 2.24) is 5.32 Å². The van der Waals surface area contributed by atoms with E-state index >= 15 is 0 Å². The van der Waals surface area contributed by atoms with E-state index in [1.54, 1.807) is 0 Å². The van der Waals surface area contributed by atoms with Crippen LogP contribution in [0.4, 0.5) is 13.2 Å². The molecule has 1 rings (SSSR count). The van der Waals surface area contributed by atoms with Crippen molar-refractivity contribution in [2.75, 3.05) is 19.8 Å². The number of hydrogen-bond acceptors (Lipinski definition) is 3. The highest BCUT2D eigenvalue weighted by atomic mass is 19.4. The second kappa shape index (κ2) is 4.80. The number of nitrogens with two attached hydrogens (primary N) is 1. The summed E-state index contributed by atoms with van der Waals surface area (Å²) in [5, 5.41) is 2.19. The molecule has 15 heavy (non-hydrogen) atoms. The third-order valence-corrected chi connectivity index (χ3v) is 2.17. The van der Waals surface area contributed by atoms with E-state index in [1.807, 2.05) is 0 Å². The van der Waals surface area contributed by atoms with Crippen LogP contribution in [0.25, 0.3) is 0 Å². The SMILES string of the molecule is NC1COCC1C(=O)NCCC(F)(F)F. The molecule has 1 amide bonds. The van der Waals surface area contributed by atoms with Gasteiger partial charge in [0, 0.05) is 12.6 Å². The Labute approximate surface area is 84.9 Å². The summed E-state index contributed by atoms with van der Waals surface area (Å²) in [5.41, 5.74) is 5.53. The van der Waals surface area contributed by atoms with Gasteiger partial charge in [0.15, 0.2) is 0 Å². The maximum Gasteiger partial charge on any atom is 0.390 e. The quantitative estimate of drug-likeness (QED) is 0.713. The molecule has 0 radical (unpaired) electrons. The van der Waals surface area contributed by atoms with Crippen molar-refractivity contribution < 1.29 is 22.7 Å². The van der Waals surface area contributed by atoms with E-state index < -0.39 is 37.0 Å². The molecule has 3 N–H and O–H groups in total. The van der Waals surface area contributed by atoms with Crippen molar-refractivity contribution in [2.24, 2.45) is 11.7 Å². The highest BCUT2D eigenvalue weighted by Gasteiger charge is 2.32. The van der Waals surface area contributed by atoms with Gasteiger partial charge in [0.25, 0.3) is 0 Å². The maximum atomic E-state index is 11.8. The first kappa shape index (κ1) is 12.3. The predicted octanol–water partition coefficient (Wildman–Crippen LogP) is 0.0287. The lowest BCUT2D eigenvalue weighted by atomic mass is 10.0. The summed E-state index contributed by atoms with van der Waals surface area (Å²) in [6, 6.07) is -0.420. The molecular weight excluding hydrogens is 213 g/mol. The highest BCUT2D eigenvalue weighted by Crippen LogP contribution is 2.18. The number of ether oxygens (including phenoxy) is 1. The summed E-state index contributed by atoms with van der Waals surface area (Å²) in [4.78, 5) is 11.3. The monoisotopic (exact) mass is 226 g/mol. The number of nitrogens with one attached hydrogen (secondary N) is 1. The first-order chi connectivity index (χ1) is 6.90. The molecule has 2 atom stereocenters.